The molecule has 1 aliphatic rings. The molecule has 1 aromatic rings. The number of aromatic nitrogens is 2. The molecule has 20 heavy (non-hydrogen) atoms. The third-order valence-corrected chi connectivity index (χ3v) is 5.28. The Kier molecular flexibility index (Phi) is 5.13. The minimum atomic E-state index is -0.0752. The molecular formula is C15H27N3OS. The quantitative estimate of drug-likeness (QED) is 0.859. The van der Waals surface area contributed by atoms with Gasteiger partial charge in [-0.15, -0.1) is 11.8 Å². The molecule has 0 spiro atoms. The molecule has 0 atom stereocenters. The fourth-order valence-electron chi connectivity index (χ4n) is 2.72. The van der Waals surface area contributed by atoms with Crippen LogP contribution in [0.15, 0.2) is 4.52 Å². The van der Waals surface area contributed by atoms with Gasteiger partial charge in [0.25, 0.3) is 0 Å². The van der Waals surface area contributed by atoms with E-state index in [1.165, 1.54) is 25.7 Å². The van der Waals surface area contributed by atoms with Crippen molar-refractivity contribution in [1.82, 2.24) is 10.1 Å². The molecule has 1 fully saturated rings. The Morgan fingerprint density at radius 1 is 1.20 bits per heavy atom. The molecule has 114 valence electrons. The summed E-state index contributed by atoms with van der Waals surface area (Å²) in [6.45, 7) is 7.21. The lowest BCUT2D eigenvalue weighted by molar-refractivity contribution is 0.256. The van der Waals surface area contributed by atoms with Crippen molar-refractivity contribution in [3.8, 4) is 0 Å². The monoisotopic (exact) mass is 297 g/mol. The Morgan fingerprint density at radius 2 is 1.85 bits per heavy atom. The number of hydrogen-bond donors (Lipinski definition) is 1. The fourth-order valence-corrected chi connectivity index (χ4v) is 3.40. The SMILES string of the molecule is CC(C)(C)SCc1noc(C2(CN)CCCCCC2)n1. The van der Waals surface area contributed by atoms with Gasteiger partial charge in [0, 0.05) is 11.3 Å². The number of thioether (sulfide) groups is 1. The second-order valence-corrected chi connectivity index (χ2v) is 8.62. The van der Waals surface area contributed by atoms with Crippen LogP contribution in [-0.4, -0.2) is 21.4 Å². The maximum absolute atomic E-state index is 6.06. The predicted octanol–water partition coefficient (Wildman–Crippen LogP) is 3.65. The molecule has 0 aliphatic heterocycles. The van der Waals surface area contributed by atoms with Gasteiger partial charge in [0.15, 0.2) is 5.82 Å². The molecule has 2 N–H and O–H groups in total. The zero-order valence-corrected chi connectivity index (χ0v) is 13.8. The van der Waals surface area contributed by atoms with Gasteiger partial charge in [-0.25, -0.2) is 0 Å². The molecule has 0 bridgehead atoms. The minimum Gasteiger partial charge on any atom is -0.339 e. The Morgan fingerprint density at radius 3 is 2.40 bits per heavy atom. The Balaban J connectivity index is 2.09. The first-order chi connectivity index (χ1) is 9.45. The molecule has 5 heteroatoms. The van der Waals surface area contributed by atoms with Gasteiger partial charge in [-0.1, -0.05) is 51.6 Å². The number of nitrogens with zero attached hydrogens (tertiary/aromatic N) is 2. The van der Waals surface area contributed by atoms with Crippen LogP contribution in [0.2, 0.25) is 0 Å². The molecule has 1 aromatic heterocycles. The Hall–Kier alpha value is -0.550. The zero-order valence-electron chi connectivity index (χ0n) is 12.9. The van der Waals surface area contributed by atoms with Gasteiger partial charge in [0.2, 0.25) is 5.89 Å². The van der Waals surface area contributed by atoms with Crippen LogP contribution in [0, 0.1) is 0 Å². The highest BCUT2D eigenvalue weighted by molar-refractivity contribution is 7.99. The summed E-state index contributed by atoms with van der Waals surface area (Å²) in [5.41, 5.74) is 5.98. The molecule has 1 aliphatic carbocycles. The highest BCUT2D eigenvalue weighted by Gasteiger charge is 2.37. The smallest absolute Gasteiger partial charge is 0.234 e. The summed E-state index contributed by atoms with van der Waals surface area (Å²) in [5, 5.41) is 4.16. The maximum Gasteiger partial charge on any atom is 0.234 e. The average molecular weight is 297 g/mol. The first-order valence-corrected chi connectivity index (χ1v) is 8.61. The molecule has 0 unspecified atom stereocenters. The zero-order chi connectivity index (χ0) is 14.6. The molecule has 1 saturated carbocycles. The van der Waals surface area contributed by atoms with Crippen LogP contribution < -0.4 is 5.73 Å². The summed E-state index contributed by atoms with van der Waals surface area (Å²) in [4.78, 5) is 4.64. The first kappa shape index (κ1) is 15.8. The largest absolute Gasteiger partial charge is 0.339 e. The lowest BCUT2D eigenvalue weighted by Gasteiger charge is -2.26. The molecule has 0 aromatic carbocycles. The van der Waals surface area contributed by atoms with Gasteiger partial charge in [-0.3, -0.25) is 0 Å². The van der Waals surface area contributed by atoms with Crippen LogP contribution in [0.25, 0.3) is 0 Å². The number of rotatable bonds is 4. The van der Waals surface area contributed by atoms with Crippen LogP contribution in [-0.2, 0) is 11.2 Å². The van der Waals surface area contributed by atoms with Crippen LogP contribution in [0.5, 0.6) is 0 Å². The standard InChI is InChI=1S/C15H27N3OS/c1-14(2,3)20-10-12-17-13(19-18-12)15(11-16)8-6-4-5-7-9-15/h4-11,16H2,1-3H3. The van der Waals surface area contributed by atoms with E-state index in [1.54, 1.807) is 0 Å². The maximum atomic E-state index is 6.06. The second-order valence-electron chi connectivity index (χ2n) is 6.82. The fraction of sp³-hybridized carbons (Fsp3) is 0.867. The molecule has 1 heterocycles. The van der Waals surface area contributed by atoms with Crippen LogP contribution in [0.4, 0.5) is 0 Å². The summed E-state index contributed by atoms with van der Waals surface area (Å²) < 4.78 is 5.78. The van der Waals surface area contributed by atoms with E-state index in [4.69, 9.17) is 10.3 Å². The molecule has 0 radical (unpaired) electrons. The van der Waals surface area contributed by atoms with E-state index in [0.29, 0.717) is 6.54 Å². The molecular weight excluding hydrogens is 270 g/mol. The summed E-state index contributed by atoms with van der Waals surface area (Å²) in [6.07, 6.45) is 7.18. The van der Waals surface area contributed by atoms with Gasteiger partial charge >= 0.3 is 0 Å². The van der Waals surface area contributed by atoms with Crippen molar-refractivity contribution in [1.29, 1.82) is 0 Å². The van der Waals surface area contributed by atoms with E-state index in [0.717, 1.165) is 30.3 Å². The summed E-state index contributed by atoms with van der Waals surface area (Å²) >= 11 is 1.84. The van der Waals surface area contributed by atoms with Crippen LogP contribution in [0.1, 0.15) is 71.0 Å². The first-order valence-electron chi connectivity index (χ1n) is 7.62. The van der Waals surface area contributed by atoms with E-state index in [-0.39, 0.29) is 10.2 Å². The lowest BCUT2D eigenvalue weighted by atomic mass is 9.80. The van der Waals surface area contributed by atoms with Crippen molar-refractivity contribution in [3.05, 3.63) is 11.7 Å². The molecule has 0 saturated heterocycles. The van der Waals surface area contributed by atoms with E-state index in [1.807, 2.05) is 11.8 Å². The van der Waals surface area contributed by atoms with Crippen molar-refractivity contribution in [3.63, 3.8) is 0 Å². The van der Waals surface area contributed by atoms with E-state index in [2.05, 4.69) is 30.9 Å². The van der Waals surface area contributed by atoms with Gasteiger partial charge in [0.05, 0.1) is 11.2 Å². The highest BCUT2D eigenvalue weighted by atomic mass is 32.2. The third-order valence-electron chi connectivity index (χ3n) is 4.01. The Labute approximate surface area is 126 Å². The minimum absolute atomic E-state index is 0.0752. The average Bonchev–Trinajstić information content (AvgIpc) is 2.74. The van der Waals surface area contributed by atoms with Crippen molar-refractivity contribution in [2.45, 2.75) is 75.2 Å². The van der Waals surface area contributed by atoms with Crippen LogP contribution >= 0.6 is 11.8 Å². The second kappa shape index (κ2) is 6.48. The number of nitrogens with two attached hydrogens (primary N) is 1. The van der Waals surface area contributed by atoms with Gasteiger partial charge in [0.1, 0.15) is 0 Å². The van der Waals surface area contributed by atoms with Gasteiger partial charge < -0.3 is 10.3 Å². The van der Waals surface area contributed by atoms with Crippen molar-refractivity contribution in [2.24, 2.45) is 5.73 Å². The third kappa shape index (κ3) is 3.98. The summed E-state index contributed by atoms with van der Waals surface area (Å²) in [7, 11) is 0. The van der Waals surface area contributed by atoms with E-state index < -0.39 is 0 Å². The predicted molar refractivity (Wildman–Crippen MR) is 83.8 cm³/mol. The number of hydrogen-bond acceptors (Lipinski definition) is 5. The lowest BCUT2D eigenvalue weighted by Crippen LogP contribution is -2.35. The van der Waals surface area contributed by atoms with Gasteiger partial charge in [-0.05, 0) is 12.8 Å². The summed E-state index contributed by atoms with van der Waals surface area (Å²) in [5.74, 6) is 2.37. The van der Waals surface area contributed by atoms with Gasteiger partial charge in [-0.2, -0.15) is 4.98 Å². The molecule has 0 amide bonds. The highest BCUT2D eigenvalue weighted by Crippen LogP contribution is 2.37. The van der Waals surface area contributed by atoms with E-state index >= 15 is 0 Å². The topological polar surface area (TPSA) is 64.9 Å². The normalized spacial score (nSPS) is 19.8. The van der Waals surface area contributed by atoms with Crippen molar-refractivity contribution in [2.75, 3.05) is 6.54 Å². The molecule has 4 nitrogen and oxygen atoms in total. The van der Waals surface area contributed by atoms with Crippen LogP contribution in [0.3, 0.4) is 0 Å². The Bertz CT molecular complexity index is 417. The molecule has 2 rings (SSSR count). The van der Waals surface area contributed by atoms with E-state index in [9.17, 15) is 0 Å². The van der Waals surface area contributed by atoms with Crippen molar-refractivity contribution >= 4 is 11.8 Å². The van der Waals surface area contributed by atoms with Crippen molar-refractivity contribution < 1.29 is 4.52 Å². The summed E-state index contributed by atoms with van der Waals surface area (Å²) in [6, 6.07) is 0.